The summed E-state index contributed by atoms with van der Waals surface area (Å²) in [5.41, 5.74) is 6.72. The van der Waals surface area contributed by atoms with Crippen LogP contribution >= 0.6 is 0 Å². The molecule has 0 fully saturated rings. The molecule has 4 N–H and O–H groups in total. The summed E-state index contributed by atoms with van der Waals surface area (Å²) in [5.74, 6) is 0.0815. The Morgan fingerprint density at radius 3 is 2.75 bits per heavy atom. The van der Waals surface area contributed by atoms with Crippen molar-refractivity contribution < 1.29 is 5.11 Å². The quantitative estimate of drug-likeness (QED) is 0.737. The van der Waals surface area contributed by atoms with E-state index >= 15 is 0 Å². The first-order valence-corrected chi connectivity index (χ1v) is 5.58. The fourth-order valence-corrected chi connectivity index (χ4v) is 2.12. The molecular formula is C13H18N2O. The first kappa shape index (κ1) is 11.2. The molecule has 0 saturated heterocycles. The fourth-order valence-electron chi connectivity index (χ4n) is 2.12. The van der Waals surface area contributed by atoms with Crippen molar-refractivity contribution in [2.75, 3.05) is 6.54 Å². The van der Waals surface area contributed by atoms with E-state index in [2.05, 4.69) is 4.98 Å². The van der Waals surface area contributed by atoms with E-state index in [-0.39, 0.29) is 12.5 Å². The molecule has 86 valence electrons. The van der Waals surface area contributed by atoms with Crippen LogP contribution in [0.25, 0.3) is 10.9 Å². The minimum Gasteiger partial charge on any atom is -0.384 e. The summed E-state index contributed by atoms with van der Waals surface area (Å²) >= 11 is 0. The van der Waals surface area contributed by atoms with Crippen LogP contribution in [0.4, 0.5) is 0 Å². The predicted molar refractivity (Wildman–Crippen MR) is 66.1 cm³/mol. The van der Waals surface area contributed by atoms with E-state index in [1.807, 2.05) is 44.3 Å². The number of nitrogens with one attached hydrogen (secondary N) is 1. The number of fused-ring (bicyclic) bond motifs is 1. The molecule has 1 aromatic carbocycles. The van der Waals surface area contributed by atoms with E-state index < -0.39 is 5.60 Å². The van der Waals surface area contributed by atoms with E-state index in [0.717, 1.165) is 16.5 Å². The van der Waals surface area contributed by atoms with Crippen LogP contribution in [0.3, 0.4) is 0 Å². The standard InChI is InChI=1S/C13H18N2O/c1-9(2)13(16,8-14)11-4-3-5-12-10(11)6-7-15-12/h3-7,9,15-16H,8,14H2,1-2H3. The predicted octanol–water partition coefficient (Wildman–Crippen LogP) is 1.97. The minimum absolute atomic E-state index is 0.0815. The average Bonchev–Trinajstić information content (AvgIpc) is 2.75. The van der Waals surface area contributed by atoms with E-state index in [1.54, 1.807) is 0 Å². The highest BCUT2D eigenvalue weighted by Crippen LogP contribution is 2.33. The largest absolute Gasteiger partial charge is 0.384 e. The monoisotopic (exact) mass is 218 g/mol. The molecule has 0 amide bonds. The topological polar surface area (TPSA) is 62.0 Å². The molecular weight excluding hydrogens is 200 g/mol. The highest BCUT2D eigenvalue weighted by Gasteiger charge is 2.32. The lowest BCUT2D eigenvalue weighted by Gasteiger charge is -2.32. The number of aromatic nitrogens is 1. The van der Waals surface area contributed by atoms with Crippen LogP contribution in [-0.4, -0.2) is 16.6 Å². The van der Waals surface area contributed by atoms with Gasteiger partial charge in [0, 0.05) is 23.6 Å². The van der Waals surface area contributed by atoms with Gasteiger partial charge in [-0.1, -0.05) is 26.0 Å². The van der Waals surface area contributed by atoms with Gasteiger partial charge in [0.05, 0.1) is 0 Å². The summed E-state index contributed by atoms with van der Waals surface area (Å²) in [6, 6.07) is 7.87. The lowest BCUT2D eigenvalue weighted by molar-refractivity contribution is 0.000285. The van der Waals surface area contributed by atoms with E-state index in [9.17, 15) is 5.11 Å². The summed E-state index contributed by atoms with van der Waals surface area (Å²) in [6.07, 6.45) is 1.88. The Morgan fingerprint density at radius 1 is 1.38 bits per heavy atom. The lowest BCUT2D eigenvalue weighted by atomic mass is 9.82. The maximum absolute atomic E-state index is 10.6. The maximum Gasteiger partial charge on any atom is 0.105 e. The lowest BCUT2D eigenvalue weighted by Crippen LogP contribution is -2.40. The third-order valence-corrected chi connectivity index (χ3v) is 3.33. The van der Waals surface area contributed by atoms with E-state index in [1.165, 1.54) is 0 Å². The van der Waals surface area contributed by atoms with Crippen LogP contribution in [0.5, 0.6) is 0 Å². The summed E-state index contributed by atoms with van der Waals surface area (Å²) in [5, 5.41) is 11.7. The molecule has 2 rings (SSSR count). The zero-order valence-electron chi connectivity index (χ0n) is 9.70. The highest BCUT2D eigenvalue weighted by molar-refractivity contribution is 5.83. The Balaban J connectivity index is 2.65. The summed E-state index contributed by atoms with van der Waals surface area (Å²) in [6.45, 7) is 4.20. The number of hydrogen-bond donors (Lipinski definition) is 3. The van der Waals surface area contributed by atoms with Gasteiger partial charge in [-0.3, -0.25) is 0 Å². The second kappa shape index (κ2) is 3.92. The van der Waals surface area contributed by atoms with Gasteiger partial charge in [0.25, 0.3) is 0 Å². The molecule has 2 aromatic rings. The smallest absolute Gasteiger partial charge is 0.105 e. The normalized spacial score (nSPS) is 15.6. The van der Waals surface area contributed by atoms with Gasteiger partial charge in [-0.25, -0.2) is 0 Å². The molecule has 0 saturated carbocycles. The second-order valence-corrected chi connectivity index (χ2v) is 4.53. The van der Waals surface area contributed by atoms with Gasteiger partial charge in [0.15, 0.2) is 0 Å². The van der Waals surface area contributed by atoms with Crippen LogP contribution in [-0.2, 0) is 5.60 Å². The van der Waals surface area contributed by atoms with Crippen LogP contribution in [0.2, 0.25) is 0 Å². The zero-order valence-corrected chi connectivity index (χ0v) is 9.70. The molecule has 1 atom stereocenters. The molecule has 1 heterocycles. The Hall–Kier alpha value is -1.32. The van der Waals surface area contributed by atoms with E-state index in [0.29, 0.717) is 0 Å². The molecule has 1 aromatic heterocycles. The number of benzene rings is 1. The van der Waals surface area contributed by atoms with Crippen molar-refractivity contribution in [1.29, 1.82) is 0 Å². The van der Waals surface area contributed by atoms with Crippen molar-refractivity contribution in [2.45, 2.75) is 19.4 Å². The molecule has 0 aliphatic carbocycles. The van der Waals surface area contributed by atoms with Crippen molar-refractivity contribution in [2.24, 2.45) is 11.7 Å². The van der Waals surface area contributed by atoms with Crippen LogP contribution in [0, 0.1) is 5.92 Å². The number of nitrogens with two attached hydrogens (primary N) is 1. The van der Waals surface area contributed by atoms with Crippen molar-refractivity contribution >= 4 is 10.9 Å². The number of aliphatic hydroxyl groups is 1. The first-order chi connectivity index (χ1) is 7.59. The van der Waals surface area contributed by atoms with Crippen molar-refractivity contribution in [3.63, 3.8) is 0 Å². The zero-order chi connectivity index (χ0) is 11.8. The molecule has 0 spiro atoms. The molecule has 0 aliphatic rings. The number of rotatable bonds is 3. The molecule has 0 aliphatic heterocycles. The fraction of sp³-hybridized carbons (Fsp3) is 0.385. The maximum atomic E-state index is 10.6. The van der Waals surface area contributed by atoms with Crippen molar-refractivity contribution in [1.82, 2.24) is 4.98 Å². The van der Waals surface area contributed by atoms with Crippen LogP contribution < -0.4 is 5.73 Å². The SMILES string of the molecule is CC(C)C(O)(CN)c1cccc2[nH]ccc12. The average molecular weight is 218 g/mol. The van der Waals surface area contributed by atoms with Crippen molar-refractivity contribution in [3.05, 3.63) is 36.0 Å². The molecule has 0 bridgehead atoms. The van der Waals surface area contributed by atoms with Crippen LogP contribution in [0.1, 0.15) is 19.4 Å². The van der Waals surface area contributed by atoms with Gasteiger partial charge >= 0.3 is 0 Å². The van der Waals surface area contributed by atoms with Gasteiger partial charge < -0.3 is 15.8 Å². The highest BCUT2D eigenvalue weighted by atomic mass is 16.3. The van der Waals surface area contributed by atoms with E-state index in [4.69, 9.17) is 5.73 Å². The van der Waals surface area contributed by atoms with Crippen LogP contribution in [0.15, 0.2) is 30.5 Å². The van der Waals surface area contributed by atoms with Gasteiger partial charge in [0.1, 0.15) is 5.60 Å². The molecule has 0 radical (unpaired) electrons. The Kier molecular flexibility index (Phi) is 2.74. The molecule has 16 heavy (non-hydrogen) atoms. The summed E-state index contributed by atoms with van der Waals surface area (Å²) in [7, 11) is 0. The third kappa shape index (κ3) is 1.52. The first-order valence-electron chi connectivity index (χ1n) is 5.58. The van der Waals surface area contributed by atoms with Crippen molar-refractivity contribution in [3.8, 4) is 0 Å². The molecule has 3 nitrogen and oxygen atoms in total. The summed E-state index contributed by atoms with van der Waals surface area (Å²) < 4.78 is 0. The number of H-pyrrole nitrogens is 1. The third-order valence-electron chi connectivity index (χ3n) is 3.33. The second-order valence-electron chi connectivity index (χ2n) is 4.53. The Morgan fingerprint density at radius 2 is 2.12 bits per heavy atom. The molecule has 1 unspecified atom stereocenters. The van der Waals surface area contributed by atoms with Gasteiger partial charge in [-0.05, 0) is 23.6 Å². The Bertz CT molecular complexity index is 489. The number of aromatic amines is 1. The summed E-state index contributed by atoms with van der Waals surface area (Å²) in [4.78, 5) is 3.14. The molecule has 3 heteroatoms. The minimum atomic E-state index is -0.957. The number of hydrogen-bond acceptors (Lipinski definition) is 2. The van der Waals surface area contributed by atoms with Gasteiger partial charge in [0.2, 0.25) is 0 Å². The van der Waals surface area contributed by atoms with Gasteiger partial charge in [-0.15, -0.1) is 0 Å². The van der Waals surface area contributed by atoms with Gasteiger partial charge in [-0.2, -0.15) is 0 Å². The Labute approximate surface area is 95.3 Å².